The Morgan fingerprint density at radius 3 is 2.23 bits per heavy atom. The van der Waals surface area contributed by atoms with Crippen LogP contribution in [0.25, 0.3) is 0 Å². The van der Waals surface area contributed by atoms with E-state index in [1.54, 1.807) is 19.1 Å². The number of anilines is 1. The monoisotopic (exact) mass is 442 g/mol. The fourth-order valence-electron chi connectivity index (χ4n) is 3.62. The lowest BCUT2D eigenvalue weighted by atomic mass is 9.95. The van der Waals surface area contributed by atoms with Crippen LogP contribution in [0.1, 0.15) is 47.9 Å². The van der Waals surface area contributed by atoms with Gasteiger partial charge >= 0.3 is 12.1 Å². The quantitative estimate of drug-likeness (QED) is 0.641. The van der Waals surface area contributed by atoms with Crippen molar-refractivity contribution in [3.05, 3.63) is 52.0 Å². The molecule has 1 aromatic heterocycles. The Morgan fingerprint density at radius 2 is 1.70 bits per heavy atom. The van der Waals surface area contributed by atoms with Crippen molar-refractivity contribution in [2.45, 2.75) is 57.3 Å². The number of carbonyl (C=O) groups is 2. The van der Waals surface area contributed by atoms with Crippen LogP contribution in [0.3, 0.4) is 0 Å². The molecule has 4 nitrogen and oxygen atoms in total. The fraction of sp³-hybridized carbons (Fsp3) is 0.429. The van der Waals surface area contributed by atoms with Crippen molar-refractivity contribution in [3.8, 4) is 0 Å². The number of alkyl halides is 3. The van der Waals surface area contributed by atoms with E-state index < -0.39 is 29.8 Å². The zero-order valence-electron chi connectivity index (χ0n) is 16.3. The van der Waals surface area contributed by atoms with Gasteiger partial charge in [-0.3, -0.25) is 14.5 Å². The van der Waals surface area contributed by atoms with Crippen LogP contribution in [0.5, 0.6) is 0 Å². The molecule has 3 rings (SSSR count). The topological polar surface area (TPSA) is 49.4 Å². The van der Waals surface area contributed by atoms with E-state index in [2.05, 4.69) is 5.32 Å². The molecule has 9 heteroatoms. The molecule has 1 N–H and O–H groups in total. The van der Waals surface area contributed by atoms with E-state index >= 15 is 0 Å². The number of rotatable bonds is 5. The smallest absolute Gasteiger partial charge is 0.351 e. The molecule has 162 valence electrons. The second kappa shape index (κ2) is 9.16. The molecular formula is C21H22F4N2O2S. The maximum Gasteiger partial charge on any atom is 0.471 e. The molecule has 0 radical (unpaired) electrons. The van der Waals surface area contributed by atoms with Crippen LogP contribution < -0.4 is 10.2 Å². The maximum atomic E-state index is 13.5. The summed E-state index contributed by atoms with van der Waals surface area (Å²) in [6.07, 6.45) is -0.816. The van der Waals surface area contributed by atoms with Gasteiger partial charge in [-0.1, -0.05) is 19.3 Å². The summed E-state index contributed by atoms with van der Waals surface area (Å²) >= 11 is 1.14. The number of carbonyl (C=O) groups excluding carboxylic acids is 2. The second-order valence-corrected chi connectivity index (χ2v) is 8.66. The van der Waals surface area contributed by atoms with Crippen LogP contribution in [0.4, 0.5) is 23.2 Å². The summed E-state index contributed by atoms with van der Waals surface area (Å²) in [4.78, 5) is 27.1. The van der Waals surface area contributed by atoms with Crippen LogP contribution in [-0.4, -0.2) is 24.0 Å². The van der Waals surface area contributed by atoms with Crippen LogP contribution in [0, 0.1) is 12.7 Å². The summed E-state index contributed by atoms with van der Waals surface area (Å²) in [6.45, 7) is 1.76. The normalized spacial score (nSPS) is 16.2. The highest BCUT2D eigenvalue weighted by molar-refractivity contribution is 7.12. The molecule has 1 aromatic carbocycles. The average molecular weight is 442 g/mol. The van der Waals surface area contributed by atoms with Crippen molar-refractivity contribution in [2.24, 2.45) is 0 Å². The predicted octanol–water partition coefficient (Wildman–Crippen LogP) is 5.28. The van der Waals surface area contributed by atoms with Gasteiger partial charge in [0, 0.05) is 21.5 Å². The number of nitrogens with one attached hydrogen (secondary N) is 1. The van der Waals surface area contributed by atoms with E-state index in [4.69, 9.17) is 0 Å². The van der Waals surface area contributed by atoms with E-state index in [0.717, 1.165) is 72.6 Å². The molecule has 0 unspecified atom stereocenters. The van der Waals surface area contributed by atoms with Crippen LogP contribution in [-0.2, 0) is 9.59 Å². The Hall–Kier alpha value is -2.42. The first kappa shape index (κ1) is 22.3. The molecule has 1 atom stereocenters. The van der Waals surface area contributed by atoms with Gasteiger partial charge in [-0.25, -0.2) is 4.39 Å². The highest BCUT2D eigenvalue weighted by Gasteiger charge is 2.48. The predicted molar refractivity (Wildman–Crippen MR) is 107 cm³/mol. The maximum absolute atomic E-state index is 13.5. The Balaban J connectivity index is 2.04. The van der Waals surface area contributed by atoms with E-state index in [9.17, 15) is 27.2 Å². The molecule has 1 aliphatic rings. The van der Waals surface area contributed by atoms with E-state index in [1.807, 2.05) is 0 Å². The standard InChI is InChI=1S/C21H22F4N2O2S/c1-13-7-12-17(30-13)18(19(28)26-15-5-3-2-4-6-15)27(20(29)21(23,24)25)16-10-8-14(22)9-11-16/h7-12,15,18H,2-6H2,1H3,(H,26,28)/t18-/m1/s1. The van der Waals surface area contributed by atoms with Gasteiger partial charge in [0.05, 0.1) is 0 Å². The van der Waals surface area contributed by atoms with E-state index in [-0.39, 0.29) is 11.7 Å². The first-order valence-electron chi connectivity index (χ1n) is 9.69. The van der Waals surface area contributed by atoms with Crippen molar-refractivity contribution >= 4 is 28.8 Å². The summed E-state index contributed by atoms with van der Waals surface area (Å²) in [7, 11) is 0. The van der Waals surface area contributed by atoms with Gasteiger partial charge in [0.1, 0.15) is 5.82 Å². The molecule has 1 fully saturated rings. The summed E-state index contributed by atoms with van der Waals surface area (Å²) in [6, 6.07) is 5.63. The number of hydrogen-bond donors (Lipinski definition) is 1. The van der Waals surface area contributed by atoms with Gasteiger partial charge in [0.15, 0.2) is 6.04 Å². The van der Waals surface area contributed by atoms with Crippen molar-refractivity contribution in [1.29, 1.82) is 0 Å². The average Bonchev–Trinajstić information content (AvgIpc) is 3.12. The van der Waals surface area contributed by atoms with Gasteiger partial charge in [-0.15, -0.1) is 11.3 Å². The zero-order valence-corrected chi connectivity index (χ0v) is 17.2. The molecule has 30 heavy (non-hydrogen) atoms. The molecule has 1 aliphatic carbocycles. The molecule has 1 saturated carbocycles. The number of halogens is 4. The van der Waals surface area contributed by atoms with Crippen molar-refractivity contribution in [3.63, 3.8) is 0 Å². The first-order chi connectivity index (χ1) is 14.2. The largest absolute Gasteiger partial charge is 0.471 e. The van der Waals surface area contributed by atoms with Crippen LogP contribution in [0.2, 0.25) is 0 Å². The molecule has 1 heterocycles. The summed E-state index contributed by atoms with van der Waals surface area (Å²) in [5, 5.41) is 2.83. The Labute approximate surface area is 175 Å². The number of thiophene rings is 1. The third-order valence-electron chi connectivity index (χ3n) is 5.05. The summed E-state index contributed by atoms with van der Waals surface area (Å²) < 4.78 is 53.8. The van der Waals surface area contributed by atoms with Gasteiger partial charge in [-0.2, -0.15) is 13.2 Å². The van der Waals surface area contributed by atoms with Crippen molar-refractivity contribution < 1.29 is 27.2 Å². The minimum Gasteiger partial charge on any atom is -0.351 e. The Bertz CT molecular complexity index is 889. The number of aryl methyl sites for hydroxylation is 1. The van der Waals surface area contributed by atoms with Crippen LogP contribution in [0.15, 0.2) is 36.4 Å². The van der Waals surface area contributed by atoms with Gasteiger partial charge in [0.2, 0.25) is 5.91 Å². The van der Waals surface area contributed by atoms with Gasteiger partial charge in [-0.05, 0) is 56.2 Å². The lowest BCUT2D eigenvalue weighted by molar-refractivity contribution is -0.171. The minimum absolute atomic E-state index is 0.147. The highest BCUT2D eigenvalue weighted by atomic mass is 32.1. The van der Waals surface area contributed by atoms with Crippen molar-refractivity contribution in [2.75, 3.05) is 4.90 Å². The molecule has 2 aromatic rings. The molecular weight excluding hydrogens is 420 g/mol. The first-order valence-corrected chi connectivity index (χ1v) is 10.5. The number of hydrogen-bond acceptors (Lipinski definition) is 3. The van der Waals surface area contributed by atoms with Gasteiger partial charge in [0.25, 0.3) is 0 Å². The van der Waals surface area contributed by atoms with Crippen molar-refractivity contribution in [1.82, 2.24) is 5.32 Å². The van der Waals surface area contributed by atoms with Crippen LogP contribution >= 0.6 is 11.3 Å². The Morgan fingerprint density at radius 1 is 1.07 bits per heavy atom. The lowest BCUT2D eigenvalue weighted by Crippen LogP contribution is -2.50. The minimum atomic E-state index is -5.20. The van der Waals surface area contributed by atoms with E-state index in [0.29, 0.717) is 9.78 Å². The Kier molecular flexibility index (Phi) is 6.80. The third kappa shape index (κ3) is 5.19. The second-order valence-electron chi connectivity index (χ2n) is 7.34. The summed E-state index contributed by atoms with van der Waals surface area (Å²) in [5.74, 6) is -3.51. The van der Waals surface area contributed by atoms with Gasteiger partial charge < -0.3 is 5.32 Å². The lowest BCUT2D eigenvalue weighted by Gasteiger charge is -2.33. The SMILES string of the molecule is Cc1ccc([C@H](C(=O)NC2CCCCC2)N(C(=O)C(F)(F)F)c2ccc(F)cc2)s1. The highest BCUT2D eigenvalue weighted by Crippen LogP contribution is 2.36. The third-order valence-corrected chi connectivity index (χ3v) is 6.11. The van der Waals surface area contributed by atoms with E-state index in [1.165, 1.54) is 0 Å². The molecule has 0 saturated heterocycles. The number of amides is 2. The molecule has 0 spiro atoms. The fourth-order valence-corrected chi connectivity index (χ4v) is 4.59. The zero-order chi connectivity index (χ0) is 21.9. The molecule has 0 aliphatic heterocycles. The molecule has 0 bridgehead atoms. The number of nitrogens with zero attached hydrogens (tertiary/aromatic N) is 1. The number of benzene rings is 1. The summed E-state index contributed by atoms with van der Waals surface area (Å²) in [5.41, 5.74) is -0.200. The molecule has 2 amide bonds.